The van der Waals surface area contributed by atoms with E-state index in [0.717, 1.165) is 48.3 Å². The molecule has 0 bridgehead atoms. The van der Waals surface area contributed by atoms with Crippen LogP contribution in [0.2, 0.25) is 0 Å². The van der Waals surface area contributed by atoms with Crippen LogP contribution in [0.1, 0.15) is 24.3 Å². The molecule has 4 aromatic rings. The number of ether oxygens (including phenoxy) is 1. The molecule has 0 radical (unpaired) electrons. The number of amides is 1. The Morgan fingerprint density at radius 3 is 3.03 bits per heavy atom. The molecule has 1 aliphatic rings. The number of aromatic nitrogens is 6. The highest BCUT2D eigenvalue weighted by Gasteiger charge is 2.22. The average Bonchev–Trinajstić information content (AvgIpc) is 3.54. The second-order valence-corrected chi connectivity index (χ2v) is 8.87. The summed E-state index contributed by atoms with van der Waals surface area (Å²) in [6.45, 7) is 8.77. The molecule has 1 unspecified atom stereocenters. The minimum atomic E-state index is -0.283. The predicted octanol–water partition coefficient (Wildman–Crippen LogP) is 2.76. The quantitative estimate of drug-likeness (QED) is 0.400. The van der Waals surface area contributed by atoms with E-state index >= 15 is 0 Å². The smallest absolute Gasteiger partial charge is 0.276 e. The number of nitrogens with zero attached hydrogens (tertiary/aromatic N) is 5. The van der Waals surface area contributed by atoms with Gasteiger partial charge in [0.2, 0.25) is 0 Å². The van der Waals surface area contributed by atoms with Crippen molar-refractivity contribution in [2.24, 2.45) is 5.92 Å². The lowest BCUT2D eigenvalue weighted by molar-refractivity contribution is -0.0404. The lowest BCUT2D eigenvalue weighted by Gasteiger charge is -2.33. The Labute approximate surface area is 191 Å². The summed E-state index contributed by atoms with van der Waals surface area (Å²) in [5.74, 6) is 0.347. The molecule has 172 valence electrons. The fraction of sp³-hybridized carbons (Fsp3) is 0.391. The minimum absolute atomic E-state index is 0.0839. The van der Waals surface area contributed by atoms with Gasteiger partial charge in [-0.25, -0.2) is 0 Å². The van der Waals surface area contributed by atoms with E-state index in [2.05, 4.69) is 49.6 Å². The van der Waals surface area contributed by atoms with Gasteiger partial charge >= 0.3 is 0 Å². The summed E-state index contributed by atoms with van der Waals surface area (Å²) in [7, 11) is 0. The van der Waals surface area contributed by atoms with Gasteiger partial charge in [-0.1, -0.05) is 19.9 Å². The number of morpholine rings is 1. The normalized spacial score (nSPS) is 17.1. The van der Waals surface area contributed by atoms with Crippen molar-refractivity contribution in [2.75, 3.05) is 31.6 Å². The molecule has 0 saturated carbocycles. The number of benzene rings is 1. The summed E-state index contributed by atoms with van der Waals surface area (Å²) in [5.41, 5.74) is 3.72. The Morgan fingerprint density at radius 2 is 2.21 bits per heavy atom. The van der Waals surface area contributed by atoms with Crippen molar-refractivity contribution in [3.05, 3.63) is 48.7 Å². The summed E-state index contributed by atoms with van der Waals surface area (Å²) in [5, 5.41) is 22.0. The molecular weight excluding hydrogens is 420 g/mol. The Bertz CT molecular complexity index is 1230. The molecule has 1 fully saturated rings. The van der Waals surface area contributed by atoms with Crippen molar-refractivity contribution in [2.45, 2.75) is 26.5 Å². The van der Waals surface area contributed by atoms with Crippen LogP contribution in [0.25, 0.3) is 22.0 Å². The van der Waals surface area contributed by atoms with Gasteiger partial charge in [-0.15, -0.1) is 0 Å². The number of H-pyrrole nitrogens is 2. The van der Waals surface area contributed by atoms with Gasteiger partial charge in [0.15, 0.2) is 5.69 Å². The molecule has 1 saturated heterocycles. The number of fused-ring (bicyclic) bond motifs is 1. The van der Waals surface area contributed by atoms with Gasteiger partial charge in [-0.05, 0) is 23.6 Å². The maximum atomic E-state index is 12.9. The van der Waals surface area contributed by atoms with E-state index in [4.69, 9.17) is 4.74 Å². The zero-order valence-electron chi connectivity index (χ0n) is 18.8. The zero-order valence-corrected chi connectivity index (χ0v) is 18.8. The third-order valence-corrected chi connectivity index (χ3v) is 5.74. The molecule has 0 spiro atoms. The van der Waals surface area contributed by atoms with E-state index in [1.54, 1.807) is 12.4 Å². The molecule has 10 heteroatoms. The molecule has 10 nitrogen and oxygen atoms in total. The van der Waals surface area contributed by atoms with Crippen LogP contribution in [-0.2, 0) is 11.3 Å². The van der Waals surface area contributed by atoms with Gasteiger partial charge in [0.1, 0.15) is 0 Å². The van der Waals surface area contributed by atoms with Crippen LogP contribution in [0, 0.1) is 5.92 Å². The largest absolute Gasteiger partial charge is 0.374 e. The maximum Gasteiger partial charge on any atom is 0.276 e. The molecule has 1 aromatic carbocycles. The van der Waals surface area contributed by atoms with Crippen LogP contribution < -0.4 is 5.32 Å². The minimum Gasteiger partial charge on any atom is -0.374 e. The second kappa shape index (κ2) is 9.16. The van der Waals surface area contributed by atoms with Crippen LogP contribution in [0.4, 0.5) is 5.69 Å². The first-order valence-electron chi connectivity index (χ1n) is 11.2. The first-order chi connectivity index (χ1) is 16.0. The molecule has 5 rings (SSSR count). The molecule has 3 aromatic heterocycles. The number of carbonyl (C=O) groups is 1. The standard InChI is InChI=1S/C23H28N8O2/c1-15(2)11-30-5-6-33-19(13-30)14-31-12-18(10-26-31)27-23(32)22-20-4-3-16(7-21(20)28-29-22)17-8-24-25-9-17/h3-4,7-10,12,15,19H,5-6,11,13-14H2,1-2H3,(H,24,25)(H,27,32)(H,28,29). The molecule has 4 heterocycles. The fourth-order valence-electron chi connectivity index (χ4n) is 4.28. The Balaban J connectivity index is 1.23. The van der Waals surface area contributed by atoms with Gasteiger partial charge in [0, 0.05) is 43.0 Å². The Hall–Kier alpha value is -3.50. The maximum absolute atomic E-state index is 12.9. The van der Waals surface area contributed by atoms with E-state index in [-0.39, 0.29) is 12.0 Å². The summed E-state index contributed by atoms with van der Waals surface area (Å²) in [6.07, 6.45) is 7.14. The highest BCUT2D eigenvalue weighted by molar-refractivity contribution is 6.11. The molecule has 1 aliphatic heterocycles. The molecule has 33 heavy (non-hydrogen) atoms. The summed E-state index contributed by atoms with van der Waals surface area (Å²) >= 11 is 0. The number of anilines is 1. The first-order valence-corrected chi connectivity index (χ1v) is 11.2. The number of hydrogen-bond donors (Lipinski definition) is 3. The highest BCUT2D eigenvalue weighted by Crippen LogP contribution is 2.24. The zero-order chi connectivity index (χ0) is 22.8. The third kappa shape index (κ3) is 4.81. The van der Waals surface area contributed by atoms with E-state index in [0.29, 0.717) is 23.8 Å². The summed E-state index contributed by atoms with van der Waals surface area (Å²) in [4.78, 5) is 15.3. The summed E-state index contributed by atoms with van der Waals surface area (Å²) < 4.78 is 7.74. The van der Waals surface area contributed by atoms with Crippen LogP contribution in [0.15, 0.2) is 43.0 Å². The van der Waals surface area contributed by atoms with Crippen LogP contribution >= 0.6 is 0 Å². The average molecular weight is 449 g/mol. The number of carbonyl (C=O) groups excluding carboxylic acids is 1. The van der Waals surface area contributed by atoms with Gasteiger partial charge in [0.05, 0.1) is 42.9 Å². The van der Waals surface area contributed by atoms with E-state index < -0.39 is 0 Å². The van der Waals surface area contributed by atoms with Crippen molar-refractivity contribution in [3.63, 3.8) is 0 Å². The van der Waals surface area contributed by atoms with Crippen LogP contribution in [-0.4, -0.2) is 73.3 Å². The van der Waals surface area contributed by atoms with Crippen LogP contribution in [0.5, 0.6) is 0 Å². The van der Waals surface area contributed by atoms with E-state index in [1.165, 1.54) is 0 Å². The molecule has 1 atom stereocenters. The van der Waals surface area contributed by atoms with Crippen molar-refractivity contribution < 1.29 is 9.53 Å². The Kier molecular flexibility index (Phi) is 5.93. The lowest BCUT2D eigenvalue weighted by Crippen LogP contribution is -2.45. The van der Waals surface area contributed by atoms with Crippen molar-refractivity contribution in [1.82, 2.24) is 35.1 Å². The topological polar surface area (TPSA) is 117 Å². The van der Waals surface area contributed by atoms with Gasteiger partial charge in [0.25, 0.3) is 5.91 Å². The van der Waals surface area contributed by atoms with Crippen LogP contribution in [0.3, 0.4) is 0 Å². The number of hydrogen-bond acceptors (Lipinski definition) is 6. The van der Waals surface area contributed by atoms with Crippen molar-refractivity contribution in [3.8, 4) is 11.1 Å². The highest BCUT2D eigenvalue weighted by atomic mass is 16.5. The van der Waals surface area contributed by atoms with Crippen molar-refractivity contribution >= 4 is 22.5 Å². The van der Waals surface area contributed by atoms with Gasteiger partial charge in [-0.2, -0.15) is 15.3 Å². The molecule has 3 N–H and O–H groups in total. The van der Waals surface area contributed by atoms with E-state index in [1.807, 2.05) is 35.3 Å². The second-order valence-electron chi connectivity index (χ2n) is 8.87. The predicted molar refractivity (Wildman–Crippen MR) is 125 cm³/mol. The van der Waals surface area contributed by atoms with Gasteiger partial charge < -0.3 is 10.1 Å². The number of rotatable bonds is 7. The van der Waals surface area contributed by atoms with E-state index in [9.17, 15) is 4.79 Å². The summed E-state index contributed by atoms with van der Waals surface area (Å²) in [6, 6.07) is 5.79. The lowest BCUT2D eigenvalue weighted by atomic mass is 10.1. The monoisotopic (exact) mass is 448 g/mol. The van der Waals surface area contributed by atoms with Crippen molar-refractivity contribution in [1.29, 1.82) is 0 Å². The third-order valence-electron chi connectivity index (χ3n) is 5.74. The molecule has 1 amide bonds. The molecular formula is C23H28N8O2. The number of nitrogens with one attached hydrogen (secondary N) is 3. The SMILES string of the molecule is CC(C)CN1CCOC(Cn2cc(NC(=O)c3n[nH]c4cc(-c5cn[nH]c5)ccc34)cn2)C1. The fourth-order valence-corrected chi connectivity index (χ4v) is 4.28. The number of aromatic amines is 2. The Morgan fingerprint density at radius 1 is 1.30 bits per heavy atom. The molecule has 0 aliphatic carbocycles. The van der Waals surface area contributed by atoms with Gasteiger partial charge in [-0.3, -0.25) is 24.6 Å². The first kappa shape index (κ1) is 21.4.